The zero-order valence-corrected chi connectivity index (χ0v) is 11.2. The van der Waals surface area contributed by atoms with Gasteiger partial charge in [0.1, 0.15) is 5.82 Å². The van der Waals surface area contributed by atoms with E-state index in [0.717, 1.165) is 18.1 Å². The lowest BCUT2D eigenvalue weighted by molar-refractivity contribution is 0.0708. The van der Waals surface area contributed by atoms with E-state index in [4.69, 9.17) is 5.84 Å². The van der Waals surface area contributed by atoms with Crippen LogP contribution in [0.25, 0.3) is 0 Å². The van der Waals surface area contributed by atoms with Crippen molar-refractivity contribution >= 4 is 11.6 Å². The number of aryl methyl sites for hydroxylation is 1. The molecule has 3 N–H and O–H groups in total. The zero-order chi connectivity index (χ0) is 14.1. The van der Waals surface area contributed by atoms with Gasteiger partial charge in [-0.25, -0.2) is 4.98 Å². The van der Waals surface area contributed by atoms with E-state index in [9.17, 15) is 4.79 Å². The minimum absolute atomic E-state index is 0.0836. The number of rotatable bonds is 2. The first-order valence-electron chi connectivity index (χ1n) is 6.41. The van der Waals surface area contributed by atoms with Gasteiger partial charge in [-0.3, -0.25) is 15.6 Å². The molecule has 0 radical (unpaired) electrons. The van der Waals surface area contributed by atoms with Crippen molar-refractivity contribution in [3.05, 3.63) is 41.7 Å². The van der Waals surface area contributed by atoms with Gasteiger partial charge in [0.25, 0.3) is 5.91 Å². The lowest BCUT2D eigenvalue weighted by Crippen LogP contribution is -2.38. The monoisotopic (exact) mass is 272 g/mol. The summed E-state index contributed by atoms with van der Waals surface area (Å²) in [4.78, 5) is 22.8. The fraction of sp³-hybridized carbons (Fsp3) is 0.308. The maximum atomic E-state index is 12.6. The summed E-state index contributed by atoms with van der Waals surface area (Å²) in [6, 6.07) is 1.76. The van der Waals surface area contributed by atoms with E-state index in [2.05, 4.69) is 20.0 Å². The van der Waals surface area contributed by atoms with Gasteiger partial charge in [-0.1, -0.05) is 0 Å². The first kappa shape index (κ1) is 12.6. The molecule has 1 aliphatic rings. The van der Waals surface area contributed by atoms with Crippen molar-refractivity contribution in [2.75, 3.05) is 12.0 Å². The van der Waals surface area contributed by atoms with Gasteiger partial charge in [0, 0.05) is 37.4 Å². The van der Waals surface area contributed by atoms with Crippen molar-refractivity contribution in [3.63, 3.8) is 0 Å². The molecule has 0 fully saturated rings. The maximum absolute atomic E-state index is 12.6. The molecule has 2 aromatic rings. The molecule has 0 aliphatic carbocycles. The Kier molecular flexibility index (Phi) is 3.11. The highest BCUT2D eigenvalue weighted by atomic mass is 16.2. The lowest BCUT2D eigenvalue weighted by atomic mass is 10.1. The standard InChI is InChI=1S/C13H16N6O/c1-9-6-11(17-14)10(7-16-9)13(20)19-5-4-18-3-2-15-12(18)8-19/h2-3,6-7H,4-5,8,14H2,1H3,(H,16,17). The molecule has 7 nitrogen and oxygen atoms in total. The minimum atomic E-state index is -0.0836. The van der Waals surface area contributed by atoms with E-state index < -0.39 is 0 Å². The summed E-state index contributed by atoms with van der Waals surface area (Å²) >= 11 is 0. The molecule has 0 spiro atoms. The van der Waals surface area contributed by atoms with E-state index in [1.54, 1.807) is 23.4 Å². The molecule has 0 saturated heterocycles. The summed E-state index contributed by atoms with van der Waals surface area (Å²) in [6.07, 6.45) is 5.25. The molecular weight excluding hydrogens is 256 g/mol. The molecule has 20 heavy (non-hydrogen) atoms. The Morgan fingerprint density at radius 3 is 3.05 bits per heavy atom. The Balaban J connectivity index is 1.87. The third kappa shape index (κ3) is 2.12. The second-order valence-corrected chi connectivity index (χ2v) is 4.78. The van der Waals surface area contributed by atoms with E-state index in [0.29, 0.717) is 24.3 Å². The molecule has 3 heterocycles. The summed E-state index contributed by atoms with van der Waals surface area (Å²) < 4.78 is 2.05. The van der Waals surface area contributed by atoms with Crippen LogP contribution in [0.2, 0.25) is 0 Å². The summed E-state index contributed by atoms with van der Waals surface area (Å²) in [5, 5.41) is 0. The molecule has 104 valence electrons. The summed E-state index contributed by atoms with van der Waals surface area (Å²) in [5.41, 5.74) is 4.45. The minimum Gasteiger partial charge on any atom is -0.332 e. The molecule has 3 rings (SSSR count). The second kappa shape index (κ2) is 4.93. The Labute approximate surface area is 116 Å². The number of carbonyl (C=O) groups excluding carboxylic acids is 1. The zero-order valence-electron chi connectivity index (χ0n) is 11.2. The van der Waals surface area contributed by atoms with E-state index in [1.165, 1.54) is 0 Å². The molecule has 7 heteroatoms. The van der Waals surface area contributed by atoms with Crippen LogP contribution in [0.15, 0.2) is 24.7 Å². The topological polar surface area (TPSA) is 89.1 Å². The molecule has 2 aromatic heterocycles. The van der Waals surface area contributed by atoms with Crippen molar-refractivity contribution in [2.24, 2.45) is 5.84 Å². The quantitative estimate of drug-likeness (QED) is 0.615. The molecule has 0 saturated carbocycles. The van der Waals surface area contributed by atoms with Gasteiger partial charge < -0.3 is 14.9 Å². The number of hydrogen-bond donors (Lipinski definition) is 2. The van der Waals surface area contributed by atoms with Crippen LogP contribution in [0.1, 0.15) is 21.9 Å². The van der Waals surface area contributed by atoms with Crippen molar-refractivity contribution < 1.29 is 4.79 Å². The van der Waals surface area contributed by atoms with Crippen LogP contribution >= 0.6 is 0 Å². The first-order valence-corrected chi connectivity index (χ1v) is 6.41. The normalized spacial score (nSPS) is 14.0. The molecular formula is C13H16N6O. The third-order valence-electron chi connectivity index (χ3n) is 3.46. The largest absolute Gasteiger partial charge is 0.332 e. The van der Waals surface area contributed by atoms with E-state index in [-0.39, 0.29) is 5.91 Å². The number of nitrogens with two attached hydrogens (primary N) is 1. The lowest BCUT2D eigenvalue weighted by Gasteiger charge is -2.28. The third-order valence-corrected chi connectivity index (χ3v) is 3.46. The van der Waals surface area contributed by atoms with Crippen LogP contribution in [-0.4, -0.2) is 31.9 Å². The smallest absolute Gasteiger partial charge is 0.258 e. The molecule has 0 atom stereocenters. The fourth-order valence-corrected chi connectivity index (χ4v) is 2.37. The number of imidazole rings is 1. The van der Waals surface area contributed by atoms with Gasteiger partial charge in [0.15, 0.2) is 0 Å². The number of anilines is 1. The van der Waals surface area contributed by atoms with E-state index >= 15 is 0 Å². The second-order valence-electron chi connectivity index (χ2n) is 4.78. The molecule has 1 aliphatic heterocycles. The van der Waals surface area contributed by atoms with E-state index in [1.807, 2.05) is 13.1 Å². The number of pyridine rings is 1. The van der Waals surface area contributed by atoms with Crippen LogP contribution < -0.4 is 11.3 Å². The Hall–Kier alpha value is -2.41. The van der Waals surface area contributed by atoms with Crippen LogP contribution in [-0.2, 0) is 13.1 Å². The summed E-state index contributed by atoms with van der Waals surface area (Å²) in [5.74, 6) is 6.29. The Bertz CT molecular complexity index is 650. The van der Waals surface area contributed by atoms with Crippen LogP contribution in [0.4, 0.5) is 5.69 Å². The number of nitrogens with zero attached hydrogens (tertiary/aromatic N) is 4. The molecule has 0 bridgehead atoms. The number of nitrogens with one attached hydrogen (secondary N) is 1. The van der Waals surface area contributed by atoms with Gasteiger partial charge in [-0.2, -0.15) is 0 Å². The van der Waals surface area contributed by atoms with Gasteiger partial charge in [-0.15, -0.1) is 0 Å². The number of hydrazine groups is 1. The number of carbonyl (C=O) groups is 1. The highest BCUT2D eigenvalue weighted by Crippen LogP contribution is 2.19. The summed E-state index contributed by atoms with van der Waals surface area (Å²) in [6.45, 7) is 3.77. The Morgan fingerprint density at radius 1 is 1.40 bits per heavy atom. The van der Waals surface area contributed by atoms with Gasteiger partial charge in [0.2, 0.25) is 0 Å². The van der Waals surface area contributed by atoms with Crippen molar-refractivity contribution in [3.8, 4) is 0 Å². The van der Waals surface area contributed by atoms with Crippen LogP contribution in [0.5, 0.6) is 0 Å². The average molecular weight is 272 g/mol. The molecule has 1 amide bonds. The molecule has 0 unspecified atom stereocenters. The maximum Gasteiger partial charge on any atom is 0.258 e. The average Bonchev–Trinajstić information content (AvgIpc) is 2.93. The first-order chi connectivity index (χ1) is 9.69. The fourth-order valence-electron chi connectivity index (χ4n) is 2.37. The predicted molar refractivity (Wildman–Crippen MR) is 73.8 cm³/mol. The number of aromatic nitrogens is 3. The molecule has 0 aromatic carbocycles. The van der Waals surface area contributed by atoms with Crippen molar-refractivity contribution in [1.29, 1.82) is 0 Å². The van der Waals surface area contributed by atoms with Crippen LogP contribution in [0.3, 0.4) is 0 Å². The van der Waals surface area contributed by atoms with Crippen molar-refractivity contribution in [2.45, 2.75) is 20.0 Å². The SMILES string of the molecule is Cc1cc(NN)c(C(=O)N2CCn3ccnc3C2)cn1. The number of amides is 1. The van der Waals surface area contributed by atoms with Gasteiger partial charge in [0.05, 0.1) is 17.8 Å². The highest BCUT2D eigenvalue weighted by molar-refractivity contribution is 5.99. The van der Waals surface area contributed by atoms with Gasteiger partial charge >= 0.3 is 0 Å². The van der Waals surface area contributed by atoms with Gasteiger partial charge in [-0.05, 0) is 13.0 Å². The Morgan fingerprint density at radius 2 is 2.25 bits per heavy atom. The number of fused-ring (bicyclic) bond motifs is 1. The van der Waals surface area contributed by atoms with Crippen molar-refractivity contribution in [1.82, 2.24) is 19.4 Å². The number of hydrogen-bond acceptors (Lipinski definition) is 5. The highest BCUT2D eigenvalue weighted by Gasteiger charge is 2.24. The summed E-state index contributed by atoms with van der Waals surface area (Å²) in [7, 11) is 0. The number of nitrogen functional groups attached to an aromatic ring is 1. The predicted octanol–water partition coefficient (Wildman–Crippen LogP) is 0.528. The van der Waals surface area contributed by atoms with Crippen LogP contribution in [0, 0.1) is 6.92 Å².